The quantitative estimate of drug-likeness (QED) is 0.668. The first kappa shape index (κ1) is 9.57. The van der Waals surface area contributed by atoms with Crippen molar-refractivity contribution in [1.29, 1.82) is 0 Å². The van der Waals surface area contributed by atoms with Gasteiger partial charge >= 0.3 is 5.69 Å². The molecule has 1 amide bonds. The molecule has 0 radical (unpaired) electrons. The zero-order chi connectivity index (χ0) is 10.2. The zero-order valence-corrected chi connectivity index (χ0v) is 7.92. The fourth-order valence-corrected chi connectivity index (χ4v) is 1.24. The van der Waals surface area contributed by atoms with Crippen LogP contribution in [0, 0.1) is 13.8 Å². The summed E-state index contributed by atoms with van der Waals surface area (Å²) in [6, 6.07) is -0.600. The van der Waals surface area contributed by atoms with E-state index in [0.29, 0.717) is 0 Å². The molecule has 1 unspecified atom stereocenters. The Balaban J connectivity index is 3.29. The summed E-state index contributed by atoms with van der Waals surface area (Å²) < 4.78 is 1.36. The highest BCUT2D eigenvalue weighted by Gasteiger charge is 2.16. The molecule has 0 aliphatic heterocycles. The average molecular weight is 183 g/mol. The first-order valence-corrected chi connectivity index (χ1v) is 4.02. The summed E-state index contributed by atoms with van der Waals surface area (Å²) >= 11 is 0. The predicted molar refractivity (Wildman–Crippen MR) is 48.4 cm³/mol. The summed E-state index contributed by atoms with van der Waals surface area (Å²) in [5.41, 5.74) is 6.32. The molecule has 0 saturated carbocycles. The van der Waals surface area contributed by atoms with Crippen LogP contribution in [0.15, 0.2) is 4.79 Å². The van der Waals surface area contributed by atoms with E-state index in [1.165, 1.54) is 4.57 Å². The number of nitrogens with zero attached hydrogens (tertiary/aromatic N) is 1. The number of rotatable bonds is 2. The molecule has 5 nitrogen and oxygen atoms in total. The van der Waals surface area contributed by atoms with Crippen molar-refractivity contribution in [2.24, 2.45) is 5.73 Å². The van der Waals surface area contributed by atoms with Crippen molar-refractivity contribution in [1.82, 2.24) is 9.55 Å². The van der Waals surface area contributed by atoms with E-state index in [0.717, 1.165) is 11.4 Å². The van der Waals surface area contributed by atoms with Crippen LogP contribution >= 0.6 is 0 Å². The standard InChI is InChI=1S/C8H13N3O2/c1-4-5(2)11(8(13)10-4)6(3)7(9)12/h6H,1-3H3,(H2,9,12)(H,10,13). The van der Waals surface area contributed by atoms with Crippen molar-refractivity contribution in [2.75, 3.05) is 0 Å². The van der Waals surface area contributed by atoms with E-state index in [9.17, 15) is 9.59 Å². The third kappa shape index (κ3) is 1.49. The lowest BCUT2D eigenvalue weighted by molar-refractivity contribution is -0.120. The zero-order valence-electron chi connectivity index (χ0n) is 7.92. The Morgan fingerprint density at radius 1 is 1.54 bits per heavy atom. The Labute approximate surface area is 75.6 Å². The van der Waals surface area contributed by atoms with E-state index < -0.39 is 11.9 Å². The van der Waals surface area contributed by atoms with Gasteiger partial charge in [0.25, 0.3) is 0 Å². The SMILES string of the molecule is Cc1[nH]c(=O)n(C(C)C(N)=O)c1C. The van der Waals surface area contributed by atoms with Crippen molar-refractivity contribution in [3.63, 3.8) is 0 Å². The summed E-state index contributed by atoms with van der Waals surface area (Å²) in [6.07, 6.45) is 0. The van der Waals surface area contributed by atoms with Gasteiger partial charge in [-0.3, -0.25) is 9.36 Å². The van der Waals surface area contributed by atoms with Gasteiger partial charge < -0.3 is 10.7 Å². The molecule has 1 aromatic rings. The van der Waals surface area contributed by atoms with Crippen LogP contribution in [0.5, 0.6) is 0 Å². The number of imidazole rings is 1. The second-order valence-corrected chi connectivity index (χ2v) is 3.09. The van der Waals surface area contributed by atoms with E-state index in [4.69, 9.17) is 5.73 Å². The highest BCUT2D eigenvalue weighted by molar-refractivity contribution is 5.78. The number of carbonyl (C=O) groups excluding carboxylic acids is 1. The van der Waals surface area contributed by atoms with Gasteiger partial charge in [0.2, 0.25) is 5.91 Å². The lowest BCUT2D eigenvalue weighted by Crippen LogP contribution is -2.31. The van der Waals surface area contributed by atoms with Gasteiger partial charge in [-0.1, -0.05) is 0 Å². The van der Waals surface area contributed by atoms with Gasteiger partial charge in [0.05, 0.1) is 0 Å². The Bertz CT molecular complexity index is 389. The molecule has 0 bridgehead atoms. The third-order valence-electron chi connectivity index (χ3n) is 2.22. The lowest BCUT2D eigenvalue weighted by Gasteiger charge is -2.09. The van der Waals surface area contributed by atoms with Crippen molar-refractivity contribution in [3.05, 3.63) is 21.9 Å². The summed E-state index contributed by atoms with van der Waals surface area (Å²) in [5, 5.41) is 0. The van der Waals surface area contributed by atoms with Crippen LogP contribution in [-0.2, 0) is 4.79 Å². The summed E-state index contributed by atoms with van der Waals surface area (Å²) in [7, 11) is 0. The van der Waals surface area contributed by atoms with Gasteiger partial charge in [0.1, 0.15) is 6.04 Å². The highest BCUT2D eigenvalue weighted by Crippen LogP contribution is 2.07. The molecule has 1 atom stereocenters. The number of hydrogen-bond donors (Lipinski definition) is 2. The van der Waals surface area contributed by atoms with Crippen LogP contribution in [0.1, 0.15) is 24.4 Å². The second kappa shape index (κ2) is 3.08. The number of nitrogens with one attached hydrogen (secondary N) is 1. The number of amides is 1. The van der Waals surface area contributed by atoms with Crippen LogP contribution in [0.25, 0.3) is 0 Å². The van der Waals surface area contributed by atoms with Crippen molar-refractivity contribution in [2.45, 2.75) is 26.8 Å². The molecule has 1 aromatic heterocycles. The van der Waals surface area contributed by atoms with Crippen molar-refractivity contribution in [3.8, 4) is 0 Å². The van der Waals surface area contributed by atoms with Crippen LogP contribution in [0.2, 0.25) is 0 Å². The molecule has 0 saturated heterocycles. The van der Waals surface area contributed by atoms with Crippen LogP contribution in [0.4, 0.5) is 0 Å². The second-order valence-electron chi connectivity index (χ2n) is 3.09. The van der Waals surface area contributed by atoms with Crippen LogP contribution in [-0.4, -0.2) is 15.5 Å². The Morgan fingerprint density at radius 3 is 2.38 bits per heavy atom. The van der Waals surface area contributed by atoms with Gasteiger partial charge in [-0.2, -0.15) is 0 Å². The summed E-state index contributed by atoms with van der Waals surface area (Å²) in [4.78, 5) is 24.8. The molecule has 1 heterocycles. The Morgan fingerprint density at radius 2 is 2.08 bits per heavy atom. The van der Waals surface area contributed by atoms with Gasteiger partial charge in [-0.15, -0.1) is 0 Å². The number of aromatic amines is 1. The topological polar surface area (TPSA) is 80.9 Å². The van der Waals surface area contributed by atoms with Crippen molar-refractivity contribution >= 4 is 5.91 Å². The first-order chi connectivity index (χ1) is 5.95. The minimum absolute atomic E-state index is 0.290. The monoisotopic (exact) mass is 183 g/mol. The van der Waals surface area contributed by atoms with E-state index in [-0.39, 0.29) is 5.69 Å². The highest BCUT2D eigenvalue weighted by atomic mass is 16.2. The third-order valence-corrected chi connectivity index (χ3v) is 2.22. The fraction of sp³-hybridized carbons (Fsp3) is 0.500. The molecule has 0 aliphatic carbocycles. The maximum atomic E-state index is 11.3. The molecular formula is C8H13N3O2. The number of hydrogen-bond acceptors (Lipinski definition) is 2. The van der Waals surface area contributed by atoms with Gasteiger partial charge in [0, 0.05) is 11.4 Å². The van der Waals surface area contributed by atoms with Gasteiger partial charge in [-0.25, -0.2) is 4.79 Å². The number of H-pyrrole nitrogens is 1. The average Bonchev–Trinajstić information content (AvgIpc) is 2.26. The summed E-state index contributed by atoms with van der Waals surface area (Å²) in [5.74, 6) is -0.510. The molecular weight excluding hydrogens is 170 g/mol. The minimum Gasteiger partial charge on any atom is -0.368 e. The summed E-state index contributed by atoms with van der Waals surface area (Å²) in [6.45, 7) is 5.15. The van der Waals surface area contributed by atoms with E-state index >= 15 is 0 Å². The molecule has 0 aromatic carbocycles. The maximum Gasteiger partial charge on any atom is 0.326 e. The van der Waals surface area contributed by atoms with E-state index in [2.05, 4.69) is 4.98 Å². The minimum atomic E-state index is -0.600. The molecule has 1 rings (SSSR count). The van der Waals surface area contributed by atoms with E-state index in [1.54, 1.807) is 20.8 Å². The molecule has 0 fully saturated rings. The molecule has 13 heavy (non-hydrogen) atoms. The van der Waals surface area contributed by atoms with Gasteiger partial charge in [0.15, 0.2) is 0 Å². The number of aromatic nitrogens is 2. The molecule has 0 aliphatic rings. The normalized spacial score (nSPS) is 12.8. The van der Waals surface area contributed by atoms with Gasteiger partial charge in [-0.05, 0) is 20.8 Å². The molecule has 72 valence electrons. The van der Waals surface area contributed by atoms with Crippen LogP contribution < -0.4 is 11.4 Å². The van der Waals surface area contributed by atoms with E-state index in [1.807, 2.05) is 0 Å². The number of primary amides is 1. The lowest BCUT2D eigenvalue weighted by atomic mass is 10.3. The van der Waals surface area contributed by atoms with Crippen LogP contribution in [0.3, 0.4) is 0 Å². The molecule has 3 N–H and O–H groups in total. The number of aryl methyl sites for hydroxylation is 1. The fourth-order valence-electron chi connectivity index (χ4n) is 1.24. The largest absolute Gasteiger partial charge is 0.368 e. The predicted octanol–water partition coefficient (Wildman–Crippen LogP) is -0.160. The number of carbonyl (C=O) groups is 1. The smallest absolute Gasteiger partial charge is 0.326 e. The molecule has 0 spiro atoms. The number of nitrogens with two attached hydrogens (primary N) is 1. The first-order valence-electron chi connectivity index (χ1n) is 4.02. The maximum absolute atomic E-state index is 11.3. The Kier molecular flexibility index (Phi) is 2.27. The Hall–Kier alpha value is -1.52. The molecule has 5 heteroatoms. The van der Waals surface area contributed by atoms with Crippen molar-refractivity contribution < 1.29 is 4.79 Å².